The number of rotatable bonds is 3. The Hall–Kier alpha value is -5.66. The van der Waals surface area contributed by atoms with Crippen molar-refractivity contribution >= 4 is 54.1 Å². The van der Waals surface area contributed by atoms with Gasteiger partial charge in [-0.15, -0.1) is 0 Å². The number of fused-ring (bicyclic) bond motifs is 7. The SMILES string of the molecule is c1ccc(-n2c3ccccc3c3ccc(-c4ccc(-c5c6ccccc6cc6c5ccc5ccccc56)cc4)cc32)cc1. The number of benzene rings is 8. The molecule has 0 amide bonds. The van der Waals surface area contributed by atoms with Crippen LogP contribution in [0.15, 0.2) is 164 Å². The lowest BCUT2D eigenvalue weighted by Crippen LogP contribution is -1.93. The largest absolute Gasteiger partial charge is 0.309 e. The molecule has 0 unspecified atom stereocenters. The summed E-state index contributed by atoms with van der Waals surface area (Å²) in [7, 11) is 0. The summed E-state index contributed by atoms with van der Waals surface area (Å²) < 4.78 is 2.38. The van der Waals surface area contributed by atoms with Gasteiger partial charge in [0.2, 0.25) is 0 Å². The molecule has 9 rings (SSSR count). The zero-order chi connectivity index (χ0) is 28.3. The molecule has 43 heavy (non-hydrogen) atoms. The molecule has 0 bridgehead atoms. The molecule has 1 heterocycles. The molecule has 0 N–H and O–H groups in total. The second kappa shape index (κ2) is 9.44. The maximum absolute atomic E-state index is 2.38. The van der Waals surface area contributed by atoms with Crippen molar-refractivity contribution in [1.82, 2.24) is 4.57 Å². The number of hydrogen-bond acceptors (Lipinski definition) is 0. The van der Waals surface area contributed by atoms with Crippen molar-refractivity contribution < 1.29 is 0 Å². The molecule has 0 spiro atoms. The summed E-state index contributed by atoms with van der Waals surface area (Å²) in [6, 6.07) is 59.8. The summed E-state index contributed by atoms with van der Waals surface area (Å²) >= 11 is 0. The molecule has 9 aromatic rings. The number of aromatic nitrogens is 1. The Morgan fingerprint density at radius 1 is 0.302 bits per heavy atom. The normalized spacial score (nSPS) is 11.7. The van der Waals surface area contributed by atoms with Crippen LogP contribution in [0.2, 0.25) is 0 Å². The van der Waals surface area contributed by atoms with Crippen LogP contribution < -0.4 is 0 Å². The Kier molecular flexibility index (Phi) is 5.27. The molecule has 0 aliphatic carbocycles. The Labute approximate surface area is 249 Å². The van der Waals surface area contributed by atoms with Gasteiger partial charge in [-0.05, 0) is 84.9 Å². The van der Waals surface area contributed by atoms with Crippen LogP contribution in [0.3, 0.4) is 0 Å². The van der Waals surface area contributed by atoms with Crippen LogP contribution in [0, 0.1) is 0 Å². The second-order valence-electron chi connectivity index (χ2n) is 11.4. The Balaban J connectivity index is 1.22. The van der Waals surface area contributed by atoms with Gasteiger partial charge in [-0.3, -0.25) is 0 Å². The third-order valence-electron chi connectivity index (χ3n) is 8.97. The summed E-state index contributed by atoms with van der Waals surface area (Å²) in [4.78, 5) is 0. The highest BCUT2D eigenvalue weighted by atomic mass is 15.0. The third-order valence-corrected chi connectivity index (χ3v) is 8.97. The van der Waals surface area contributed by atoms with E-state index in [-0.39, 0.29) is 0 Å². The second-order valence-corrected chi connectivity index (χ2v) is 11.4. The molecule has 0 saturated carbocycles. The van der Waals surface area contributed by atoms with E-state index in [1.807, 2.05) is 0 Å². The van der Waals surface area contributed by atoms with E-state index < -0.39 is 0 Å². The minimum atomic E-state index is 1.18. The van der Waals surface area contributed by atoms with Gasteiger partial charge < -0.3 is 4.57 Å². The van der Waals surface area contributed by atoms with E-state index >= 15 is 0 Å². The number of hydrogen-bond donors (Lipinski definition) is 0. The smallest absolute Gasteiger partial charge is 0.0547 e. The quantitative estimate of drug-likeness (QED) is 0.154. The fraction of sp³-hybridized carbons (Fsp3) is 0. The summed E-state index contributed by atoms with van der Waals surface area (Å²) in [6.07, 6.45) is 0. The number of para-hydroxylation sites is 2. The topological polar surface area (TPSA) is 4.93 Å². The lowest BCUT2D eigenvalue weighted by molar-refractivity contribution is 1.18. The first-order chi connectivity index (χ1) is 21.3. The van der Waals surface area contributed by atoms with E-state index in [1.165, 1.54) is 82.1 Å². The fourth-order valence-corrected chi connectivity index (χ4v) is 6.97. The maximum Gasteiger partial charge on any atom is 0.0547 e. The van der Waals surface area contributed by atoms with Crippen molar-refractivity contribution in [1.29, 1.82) is 0 Å². The van der Waals surface area contributed by atoms with E-state index in [1.54, 1.807) is 0 Å². The lowest BCUT2D eigenvalue weighted by atomic mass is 9.89. The lowest BCUT2D eigenvalue weighted by Gasteiger charge is -2.14. The van der Waals surface area contributed by atoms with Gasteiger partial charge in [0.25, 0.3) is 0 Å². The molecule has 0 aliphatic rings. The van der Waals surface area contributed by atoms with Crippen molar-refractivity contribution in [3.8, 4) is 27.9 Å². The highest BCUT2D eigenvalue weighted by Crippen LogP contribution is 2.40. The van der Waals surface area contributed by atoms with Crippen molar-refractivity contribution in [2.75, 3.05) is 0 Å². The molecular weight excluding hydrogens is 518 g/mol. The van der Waals surface area contributed by atoms with Gasteiger partial charge in [-0.25, -0.2) is 0 Å². The summed E-state index contributed by atoms with van der Waals surface area (Å²) in [5.74, 6) is 0. The third kappa shape index (κ3) is 3.72. The van der Waals surface area contributed by atoms with Gasteiger partial charge in [0.15, 0.2) is 0 Å². The monoisotopic (exact) mass is 545 g/mol. The van der Waals surface area contributed by atoms with Gasteiger partial charge in [0, 0.05) is 16.5 Å². The molecule has 0 radical (unpaired) electrons. The Morgan fingerprint density at radius 2 is 0.907 bits per heavy atom. The maximum atomic E-state index is 2.38. The standard InChI is InChI=1S/C42H27N/c1-2-12-33(13-3-1)43-40-17-9-8-16-36(40)37-24-23-31(27-41(37)43)28-18-20-30(21-19-28)42-35-15-7-5-11-32(35)26-39-34-14-6-4-10-29(34)22-25-38(39)42/h1-27H. The molecular formula is C42H27N. The summed E-state index contributed by atoms with van der Waals surface area (Å²) in [6.45, 7) is 0. The average Bonchev–Trinajstić information content (AvgIpc) is 3.41. The first-order valence-electron chi connectivity index (χ1n) is 14.9. The predicted molar refractivity (Wildman–Crippen MR) is 184 cm³/mol. The zero-order valence-electron chi connectivity index (χ0n) is 23.5. The van der Waals surface area contributed by atoms with Gasteiger partial charge in [-0.1, -0.05) is 133 Å². The Bertz CT molecular complexity index is 2480. The minimum absolute atomic E-state index is 1.18. The first-order valence-corrected chi connectivity index (χ1v) is 14.9. The van der Waals surface area contributed by atoms with Crippen LogP contribution in [0.25, 0.3) is 82.1 Å². The molecule has 0 aliphatic heterocycles. The molecule has 200 valence electrons. The van der Waals surface area contributed by atoms with Crippen molar-refractivity contribution in [2.24, 2.45) is 0 Å². The van der Waals surface area contributed by atoms with Crippen LogP contribution in [0.5, 0.6) is 0 Å². The molecule has 8 aromatic carbocycles. The van der Waals surface area contributed by atoms with Crippen LogP contribution in [0.4, 0.5) is 0 Å². The van der Waals surface area contributed by atoms with Crippen LogP contribution in [-0.2, 0) is 0 Å². The highest BCUT2D eigenvalue weighted by Gasteiger charge is 2.15. The zero-order valence-corrected chi connectivity index (χ0v) is 23.5. The average molecular weight is 546 g/mol. The van der Waals surface area contributed by atoms with Gasteiger partial charge >= 0.3 is 0 Å². The number of nitrogens with zero attached hydrogens (tertiary/aromatic N) is 1. The van der Waals surface area contributed by atoms with Gasteiger partial charge in [-0.2, -0.15) is 0 Å². The van der Waals surface area contributed by atoms with Gasteiger partial charge in [0.1, 0.15) is 0 Å². The van der Waals surface area contributed by atoms with Crippen LogP contribution in [-0.4, -0.2) is 4.57 Å². The van der Waals surface area contributed by atoms with Crippen molar-refractivity contribution in [2.45, 2.75) is 0 Å². The van der Waals surface area contributed by atoms with E-state index in [9.17, 15) is 0 Å². The van der Waals surface area contributed by atoms with Crippen molar-refractivity contribution in [3.63, 3.8) is 0 Å². The van der Waals surface area contributed by atoms with E-state index in [4.69, 9.17) is 0 Å². The van der Waals surface area contributed by atoms with E-state index in [0.717, 1.165) is 0 Å². The first kappa shape index (κ1) is 24.0. The van der Waals surface area contributed by atoms with E-state index in [2.05, 4.69) is 168 Å². The fourth-order valence-electron chi connectivity index (χ4n) is 6.97. The highest BCUT2D eigenvalue weighted by molar-refractivity contribution is 6.20. The molecule has 1 nitrogen and oxygen atoms in total. The minimum Gasteiger partial charge on any atom is -0.309 e. The predicted octanol–water partition coefficient (Wildman–Crippen LogP) is 11.6. The van der Waals surface area contributed by atoms with E-state index in [0.29, 0.717) is 0 Å². The Morgan fingerprint density at radius 3 is 1.74 bits per heavy atom. The molecule has 0 atom stereocenters. The van der Waals surface area contributed by atoms with Crippen molar-refractivity contribution in [3.05, 3.63) is 164 Å². The molecule has 1 aromatic heterocycles. The molecule has 0 saturated heterocycles. The summed E-state index contributed by atoms with van der Waals surface area (Å²) in [5.41, 5.74) is 8.59. The molecule has 0 fully saturated rings. The van der Waals surface area contributed by atoms with Crippen LogP contribution >= 0.6 is 0 Å². The molecule has 1 heteroatoms. The van der Waals surface area contributed by atoms with Crippen LogP contribution in [0.1, 0.15) is 0 Å². The van der Waals surface area contributed by atoms with Gasteiger partial charge in [0.05, 0.1) is 11.0 Å². The summed E-state index contributed by atoms with van der Waals surface area (Å²) in [5, 5.41) is 10.3.